The van der Waals surface area contributed by atoms with Crippen LogP contribution < -0.4 is 29.2 Å². The summed E-state index contributed by atoms with van der Waals surface area (Å²) in [7, 11) is -1.90. The van der Waals surface area contributed by atoms with Crippen molar-refractivity contribution in [2.45, 2.75) is 40.4 Å². The van der Waals surface area contributed by atoms with Gasteiger partial charge in [0.1, 0.15) is 0 Å². The molecule has 2 aromatic rings. The first-order valence-electron chi connectivity index (χ1n) is 7.32. The molecule has 2 rings (SSSR count). The van der Waals surface area contributed by atoms with E-state index in [2.05, 4.69) is 82.9 Å². The van der Waals surface area contributed by atoms with Gasteiger partial charge in [0.15, 0.2) is 0 Å². The van der Waals surface area contributed by atoms with E-state index in [0.717, 1.165) is 0 Å². The molecule has 0 aromatic heterocycles. The Hall–Kier alpha value is -0.529. The molecule has 0 unspecified atom stereocenters. The van der Waals surface area contributed by atoms with Gasteiger partial charge < -0.3 is 0 Å². The molecule has 0 atom stereocenters. The molecule has 0 aliphatic carbocycles. The fourth-order valence-electron chi connectivity index (χ4n) is 3.13. The quantitative estimate of drug-likeness (QED) is 0.730. The third kappa shape index (κ3) is 4.23. The average Bonchev–Trinajstić information content (AvgIpc) is 2.33. The summed E-state index contributed by atoms with van der Waals surface area (Å²) in [5.41, 5.74) is 4.36. The summed E-state index contributed by atoms with van der Waals surface area (Å²) in [6, 6.07) is 15.9. The van der Waals surface area contributed by atoms with E-state index in [1.807, 2.05) is 0 Å². The number of benzene rings is 2. The molecular weight excluding hydrogens is 279 g/mol. The average molecular weight is 305 g/mol. The van der Waals surface area contributed by atoms with E-state index in [0.29, 0.717) is 0 Å². The van der Waals surface area contributed by atoms with E-state index >= 15 is 0 Å². The molecule has 0 amide bonds. The molecule has 0 radical (unpaired) electrons. The van der Waals surface area contributed by atoms with Crippen LogP contribution in [0, 0.1) is 20.8 Å². The van der Waals surface area contributed by atoms with Crippen LogP contribution in [0.1, 0.15) is 16.7 Å². The van der Waals surface area contributed by atoms with Gasteiger partial charge >= 0.3 is 18.9 Å². The van der Waals surface area contributed by atoms with Gasteiger partial charge in [0.05, 0.1) is 0 Å². The SMILES string of the molecule is Cc1cc(C)c([Si-](c2ccccc2)[Si](C)(C)C)c(C)c1.[Li+]. The normalized spacial score (nSPS) is 11.0. The van der Waals surface area contributed by atoms with Gasteiger partial charge in [-0.1, -0.05) is 86.4 Å². The van der Waals surface area contributed by atoms with E-state index < -0.39 is 15.9 Å². The number of hydrogen-bond acceptors (Lipinski definition) is 0. The predicted molar refractivity (Wildman–Crippen MR) is 95.5 cm³/mol. The smallest absolute Gasteiger partial charge is 0.250 e. The maximum atomic E-state index is 2.52. The van der Waals surface area contributed by atoms with Crippen molar-refractivity contribution in [1.82, 2.24) is 0 Å². The van der Waals surface area contributed by atoms with Crippen LogP contribution in [0.2, 0.25) is 19.6 Å². The van der Waals surface area contributed by atoms with E-state index in [1.165, 1.54) is 16.7 Å². The summed E-state index contributed by atoms with van der Waals surface area (Å²) < 4.78 is 0. The molecule has 3 heteroatoms. The molecule has 0 N–H and O–H groups in total. The van der Waals surface area contributed by atoms with Crippen molar-refractivity contribution in [3.05, 3.63) is 59.2 Å². The zero-order valence-electron chi connectivity index (χ0n) is 14.5. The van der Waals surface area contributed by atoms with Gasteiger partial charge in [-0.2, -0.15) is 10.4 Å². The summed E-state index contributed by atoms with van der Waals surface area (Å²) in [6.07, 6.45) is 0. The number of aryl methyl sites for hydroxylation is 3. The Morgan fingerprint density at radius 3 is 1.71 bits per heavy atom. The van der Waals surface area contributed by atoms with Gasteiger partial charge in [0.2, 0.25) is 0 Å². The Bertz CT molecular complexity index is 577. The fraction of sp³-hybridized carbons (Fsp3) is 0.333. The second-order valence-electron chi connectivity index (χ2n) is 6.76. The van der Waals surface area contributed by atoms with Gasteiger partial charge in [-0.05, 0) is 20.8 Å². The van der Waals surface area contributed by atoms with Crippen LogP contribution in [0.15, 0.2) is 42.5 Å². The van der Waals surface area contributed by atoms with Crippen molar-refractivity contribution in [1.29, 1.82) is 0 Å². The molecule has 0 saturated carbocycles. The zero-order valence-corrected chi connectivity index (χ0v) is 16.5. The summed E-state index contributed by atoms with van der Waals surface area (Å²) in [4.78, 5) is 0. The van der Waals surface area contributed by atoms with Crippen molar-refractivity contribution in [2.75, 3.05) is 0 Å². The molecule has 0 spiro atoms. The zero-order chi connectivity index (χ0) is 14.9. The Labute approximate surface area is 144 Å². The van der Waals surface area contributed by atoms with Crippen LogP contribution in [0.5, 0.6) is 0 Å². The maximum Gasteiger partial charge on any atom is 1.00 e. The van der Waals surface area contributed by atoms with Crippen molar-refractivity contribution in [3.8, 4) is 0 Å². The largest absolute Gasteiger partial charge is 1.00 e. The van der Waals surface area contributed by atoms with E-state index in [-0.39, 0.29) is 18.9 Å². The summed E-state index contributed by atoms with van der Waals surface area (Å²) in [6.45, 7) is 14.4. The molecule has 106 valence electrons. The third-order valence-electron chi connectivity index (χ3n) is 3.74. The molecule has 0 bridgehead atoms. The van der Waals surface area contributed by atoms with E-state index in [1.54, 1.807) is 10.4 Å². The second kappa shape index (κ2) is 7.15. The van der Waals surface area contributed by atoms with Crippen LogP contribution in [0.4, 0.5) is 0 Å². The van der Waals surface area contributed by atoms with Gasteiger partial charge in [0.25, 0.3) is 0 Å². The standard InChI is InChI=1S/C18H25Si2.Li/c1-14-12-15(2)18(16(3)13-14)19(20(4,5)6)17-10-8-7-9-11-17;/h7-13H,1-6H3;/q-1;+1. The van der Waals surface area contributed by atoms with Gasteiger partial charge in [-0.25, -0.2) is 8.31 Å². The Kier molecular flexibility index (Phi) is 6.31. The van der Waals surface area contributed by atoms with Gasteiger partial charge in [-0.3, -0.25) is 0 Å². The number of hydrogen-bond donors (Lipinski definition) is 0. The second-order valence-corrected chi connectivity index (χ2v) is 19.1. The Morgan fingerprint density at radius 1 is 0.810 bits per heavy atom. The molecule has 0 fully saturated rings. The fourth-order valence-corrected chi connectivity index (χ4v) is 13.0. The van der Waals surface area contributed by atoms with Gasteiger partial charge in [-0.15, -0.1) is 0 Å². The Balaban J connectivity index is 0.00000220. The maximum absolute atomic E-state index is 2.52. The molecule has 2 aromatic carbocycles. The predicted octanol–water partition coefficient (Wildman–Crippen LogP) is 0.641. The minimum absolute atomic E-state index is 0. The van der Waals surface area contributed by atoms with E-state index in [4.69, 9.17) is 0 Å². The molecule has 0 nitrogen and oxygen atoms in total. The summed E-state index contributed by atoms with van der Waals surface area (Å²) >= 11 is 0. The molecule has 21 heavy (non-hydrogen) atoms. The molecule has 0 heterocycles. The first kappa shape index (κ1) is 18.5. The van der Waals surface area contributed by atoms with E-state index in [9.17, 15) is 0 Å². The van der Waals surface area contributed by atoms with Crippen LogP contribution >= 0.6 is 0 Å². The van der Waals surface area contributed by atoms with Crippen molar-refractivity contribution in [3.63, 3.8) is 0 Å². The molecule has 0 saturated heterocycles. The first-order chi connectivity index (χ1) is 9.30. The third-order valence-corrected chi connectivity index (χ3v) is 13.6. The molecule has 0 aliphatic heterocycles. The van der Waals surface area contributed by atoms with Crippen molar-refractivity contribution >= 4 is 26.3 Å². The Morgan fingerprint density at radius 2 is 1.29 bits per heavy atom. The number of rotatable bonds is 3. The molecule has 0 aliphatic rings. The monoisotopic (exact) mass is 304 g/mol. The van der Waals surface area contributed by atoms with Crippen molar-refractivity contribution in [2.24, 2.45) is 0 Å². The minimum atomic E-state index is -1.25. The van der Waals surface area contributed by atoms with Crippen LogP contribution in [-0.2, 0) is 0 Å². The first-order valence-corrected chi connectivity index (χ1v) is 13.3. The van der Waals surface area contributed by atoms with Crippen LogP contribution in [-0.4, -0.2) is 15.9 Å². The summed E-state index contributed by atoms with van der Waals surface area (Å²) in [5.74, 6) is 0. The molecular formula is C18H25LiSi2. The summed E-state index contributed by atoms with van der Waals surface area (Å²) in [5, 5.41) is 3.23. The van der Waals surface area contributed by atoms with Crippen LogP contribution in [0.3, 0.4) is 0 Å². The van der Waals surface area contributed by atoms with Crippen molar-refractivity contribution < 1.29 is 18.9 Å². The van der Waals surface area contributed by atoms with Gasteiger partial charge in [0, 0.05) is 0 Å². The topological polar surface area (TPSA) is 0 Å². The van der Waals surface area contributed by atoms with Crippen LogP contribution in [0.25, 0.3) is 0 Å². The minimum Gasteiger partial charge on any atom is -0.250 e.